The molecule has 0 spiro atoms. The third-order valence-electron chi connectivity index (χ3n) is 9.40. The van der Waals surface area contributed by atoms with Gasteiger partial charge < -0.3 is 25.8 Å². The van der Waals surface area contributed by atoms with Crippen LogP contribution in [-0.2, 0) is 19.3 Å². The lowest BCUT2D eigenvalue weighted by Crippen LogP contribution is -2.45. The zero-order chi connectivity index (χ0) is 34.9. The Morgan fingerprint density at radius 2 is 1.68 bits per heavy atom. The van der Waals surface area contributed by atoms with Crippen LogP contribution >= 0.6 is 0 Å². The lowest BCUT2D eigenvalue weighted by atomic mass is 10.0. The van der Waals surface area contributed by atoms with Crippen LogP contribution < -0.4 is 20.9 Å². The second-order valence-electron chi connectivity index (χ2n) is 13.2. The maximum atomic E-state index is 13.2. The maximum absolute atomic E-state index is 13.2. The van der Waals surface area contributed by atoms with E-state index in [9.17, 15) is 18.0 Å². The molecule has 50 heavy (non-hydrogen) atoms. The van der Waals surface area contributed by atoms with Crippen LogP contribution in [0, 0.1) is 0 Å². The summed E-state index contributed by atoms with van der Waals surface area (Å²) in [6.45, 7) is 9.11. The summed E-state index contributed by atoms with van der Waals surface area (Å²) < 4.78 is 39.6. The highest BCUT2D eigenvalue weighted by Crippen LogP contribution is 2.35. The van der Waals surface area contributed by atoms with Crippen LogP contribution in [-0.4, -0.2) is 80.1 Å². The van der Waals surface area contributed by atoms with Gasteiger partial charge in [-0.05, 0) is 92.0 Å². The van der Waals surface area contributed by atoms with E-state index >= 15 is 0 Å². The van der Waals surface area contributed by atoms with Crippen molar-refractivity contribution in [2.75, 3.05) is 69.6 Å². The number of hydrogen-bond donors (Lipinski definition) is 3. The Labute approximate surface area is 292 Å². The second-order valence-corrected chi connectivity index (χ2v) is 13.2. The molecule has 1 aromatic heterocycles. The highest BCUT2D eigenvalue weighted by molar-refractivity contribution is 5.95. The average Bonchev–Trinajstić information content (AvgIpc) is 3.14. The first-order valence-corrected chi connectivity index (χ1v) is 17.5. The van der Waals surface area contributed by atoms with Gasteiger partial charge in [0.15, 0.2) is 0 Å². The van der Waals surface area contributed by atoms with Crippen molar-refractivity contribution >= 4 is 23.0 Å². The molecule has 2 saturated heterocycles. The van der Waals surface area contributed by atoms with Crippen LogP contribution in [0.1, 0.15) is 46.3 Å². The number of nitrogens with zero attached hydrogens (tertiary/aromatic N) is 4. The molecule has 3 N–H and O–H groups in total. The van der Waals surface area contributed by atoms with Gasteiger partial charge in [-0.15, -0.1) is 0 Å². The quantitative estimate of drug-likeness (QED) is 0.152. The number of likely N-dealkylation sites (N-methyl/N-ethyl adjacent to an activating group) is 1. The van der Waals surface area contributed by atoms with Gasteiger partial charge in [0.25, 0.3) is 5.91 Å². The van der Waals surface area contributed by atoms with Crippen LogP contribution in [0.15, 0.2) is 85.1 Å². The van der Waals surface area contributed by atoms with Crippen molar-refractivity contribution in [1.82, 2.24) is 25.4 Å². The average molecular weight is 686 g/mol. The first kappa shape index (κ1) is 35.4. The number of nitrogens with one attached hydrogen (secondary N) is 3. The van der Waals surface area contributed by atoms with Crippen LogP contribution in [0.4, 0.5) is 30.2 Å². The van der Waals surface area contributed by atoms with Crippen LogP contribution in [0.5, 0.6) is 0 Å². The Bertz CT molecular complexity index is 1740. The number of anilines is 3. The first-order valence-electron chi connectivity index (χ1n) is 17.5. The molecule has 264 valence electrons. The maximum Gasteiger partial charge on any atom is 0.416 e. The van der Waals surface area contributed by atoms with Gasteiger partial charge in [-0.25, -0.2) is 0 Å². The van der Waals surface area contributed by atoms with E-state index in [4.69, 9.17) is 0 Å². The van der Waals surface area contributed by atoms with E-state index < -0.39 is 11.7 Å². The Balaban J connectivity index is 1.19. The van der Waals surface area contributed by atoms with E-state index in [2.05, 4.69) is 85.1 Å². The molecule has 2 aliphatic rings. The summed E-state index contributed by atoms with van der Waals surface area (Å²) in [7, 11) is 2.16. The standard InChI is InChI=1S/C39H46F3N7O/c1-47(21-22-48-19-15-43-16-20-48)28-30-8-6-10-33(24-30)46-36-12-11-34(49-17-3-2-4-18-49)26-35(36)37-25-31(13-14-44-37)38(50)45-27-29-7-5-9-32(23-29)39(40,41)42/h5-14,23-26,43,46H,2-4,15-22,27-28H2,1H3,(H,45,50). The molecule has 2 fully saturated rings. The smallest absolute Gasteiger partial charge is 0.372 e. The molecule has 0 atom stereocenters. The summed E-state index contributed by atoms with van der Waals surface area (Å²) in [5.41, 5.74) is 5.63. The Morgan fingerprint density at radius 1 is 0.900 bits per heavy atom. The predicted molar refractivity (Wildman–Crippen MR) is 194 cm³/mol. The molecule has 6 rings (SSSR count). The second kappa shape index (κ2) is 16.5. The molecule has 3 aromatic carbocycles. The van der Waals surface area contributed by atoms with Gasteiger partial charge in [-0.3, -0.25) is 14.7 Å². The number of alkyl halides is 3. The SMILES string of the molecule is CN(CCN1CCNCC1)Cc1cccc(Nc2ccc(N3CCCCC3)cc2-c2cc(C(=O)NCc3cccc(C(F)(F)F)c3)ccn2)c1. The molecule has 8 nitrogen and oxygen atoms in total. The minimum absolute atomic E-state index is 0.0288. The molecule has 2 aliphatic heterocycles. The number of carbonyl (C=O) groups is 1. The molecule has 0 bridgehead atoms. The van der Waals surface area contributed by atoms with Gasteiger partial charge in [0.1, 0.15) is 0 Å². The number of benzene rings is 3. The Kier molecular flexibility index (Phi) is 11.7. The Hall–Kier alpha value is -4.45. The van der Waals surface area contributed by atoms with Gasteiger partial charge in [0.2, 0.25) is 0 Å². The number of rotatable bonds is 12. The largest absolute Gasteiger partial charge is 0.416 e. The van der Waals surface area contributed by atoms with E-state index in [1.165, 1.54) is 18.1 Å². The van der Waals surface area contributed by atoms with Crippen molar-refractivity contribution in [3.63, 3.8) is 0 Å². The number of carbonyl (C=O) groups excluding carboxylic acids is 1. The molecular weight excluding hydrogens is 639 g/mol. The molecular formula is C39H46F3N7O. The third kappa shape index (κ3) is 9.62. The molecule has 3 heterocycles. The first-order chi connectivity index (χ1) is 24.2. The van der Waals surface area contributed by atoms with Gasteiger partial charge in [-0.1, -0.05) is 24.3 Å². The summed E-state index contributed by atoms with van der Waals surface area (Å²) in [4.78, 5) is 25.2. The van der Waals surface area contributed by atoms with E-state index in [0.717, 1.165) is 107 Å². The molecule has 0 radical (unpaired) electrons. The van der Waals surface area contributed by atoms with E-state index in [1.54, 1.807) is 24.4 Å². The lowest BCUT2D eigenvalue weighted by Gasteiger charge is -2.29. The van der Waals surface area contributed by atoms with E-state index in [0.29, 0.717) is 16.8 Å². The zero-order valence-corrected chi connectivity index (χ0v) is 28.6. The molecule has 4 aromatic rings. The highest BCUT2D eigenvalue weighted by atomic mass is 19.4. The molecule has 11 heteroatoms. The van der Waals surface area contributed by atoms with Crippen molar-refractivity contribution in [3.05, 3.63) is 107 Å². The number of pyridine rings is 1. The topological polar surface area (TPSA) is 75.8 Å². The van der Waals surface area contributed by atoms with Crippen molar-refractivity contribution in [1.29, 1.82) is 0 Å². The zero-order valence-electron chi connectivity index (χ0n) is 28.6. The van der Waals surface area contributed by atoms with Crippen LogP contribution in [0.3, 0.4) is 0 Å². The van der Waals surface area contributed by atoms with Gasteiger partial charge in [-0.2, -0.15) is 13.2 Å². The fourth-order valence-electron chi connectivity index (χ4n) is 6.60. The lowest BCUT2D eigenvalue weighted by molar-refractivity contribution is -0.137. The third-order valence-corrected chi connectivity index (χ3v) is 9.40. The molecule has 0 aliphatic carbocycles. The van der Waals surface area contributed by atoms with Gasteiger partial charge in [0, 0.05) is 99.8 Å². The summed E-state index contributed by atoms with van der Waals surface area (Å²) in [5.74, 6) is -0.387. The summed E-state index contributed by atoms with van der Waals surface area (Å²) in [6.07, 6.45) is 0.667. The van der Waals surface area contributed by atoms with E-state index in [1.807, 2.05) is 0 Å². The van der Waals surface area contributed by atoms with Crippen molar-refractivity contribution in [2.45, 2.75) is 38.5 Å². The monoisotopic (exact) mass is 685 g/mol. The van der Waals surface area contributed by atoms with Gasteiger partial charge in [0.05, 0.1) is 11.3 Å². The fraction of sp³-hybridized carbons (Fsp3) is 0.385. The number of amides is 1. The number of hydrogen-bond acceptors (Lipinski definition) is 7. The van der Waals surface area contributed by atoms with E-state index in [-0.39, 0.29) is 12.5 Å². The molecule has 0 saturated carbocycles. The Morgan fingerprint density at radius 3 is 2.48 bits per heavy atom. The predicted octanol–water partition coefficient (Wildman–Crippen LogP) is 6.77. The normalized spacial score (nSPS) is 15.7. The number of piperidine rings is 1. The fourth-order valence-corrected chi connectivity index (χ4v) is 6.60. The van der Waals surface area contributed by atoms with Crippen molar-refractivity contribution in [3.8, 4) is 11.3 Å². The van der Waals surface area contributed by atoms with Crippen LogP contribution in [0.25, 0.3) is 11.3 Å². The minimum atomic E-state index is -4.45. The van der Waals surface area contributed by atoms with Crippen LogP contribution in [0.2, 0.25) is 0 Å². The molecule has 0 unspecified atom stereocenters. The molecule has 1 amide bonds. The van der Waals surface area contributed by atoms with Crippen molar-refractivity contribution < 1.29 is 18.0 Å². The number of halogens is 3. The number of piperazine rings is 1. The summed E-state index contributed by atoms with van der Waals surface area (Å²) >= 11 is 0. The minimum Gasteiger partial charge on any atom is -0.372 e. The highest BCUT2D eigenvalue weighted by Gasteiger charge is 2.30. The summed E-state index contributed by atoms with van der Waals surface area (Å²) in [5, 5.41) is 9.81. The summed E-state index contributed by atoms with van der Waals surface area (Å²) in [6, 6.07) is 23.1. The van der Waals surface area contributed by atoms with Crippen molar-refractivity contribution in [2.24, 2.45) is 0 Å². The number of aromatic nitrogens is 1. The van der Waals surface area contributed by atoms with Gasteiger partial charge >= 0.3 is 6.18 Å².